The minimum Gasteiger partial charge on any atom is -0.355 e. The SMILES string of the molecule is CCCNC(=O)C(C)N(CC)C1CCC(N)CC1. The van der Waals surface area contributed by atoms with Gasteiger partial charge in [-0.25, -0.2) is 0 Å². The first kappa shape index (κ1) is 15.4. The number of nitrogens with one attached hydrogen (secondary N) is 1. The lowest BCUT2D eigenvalue weighted by Crippen LogP contribution is -2.51. The van der Waals surface area contributed by atoms with Gasteiger partial charge in [-0.05, 0) is 45.6 Å². The lowest BCUT2D eigenvalue weighted by atomic mass is 9.90. The maximum absolute atomic E-state index is 12.0. The zero-order valence-electron chi connectivity index (χ0n) is 12.1. The molecule has 0 saturated heterocycles. The van der Waals surface area contributed by atoms with Crippen molar-refractivity contribution in [3.63, 3.8) is 0 Å². The molecule has 0 bridgehead atoms. The molecule has 1 aliphatic carbocycles. The highest BCUT2D eigenvalue weighted by molar-refractivity contribution is 5.81. The van der Waals surface area contributed by atoms with E-state index in [0.717, 1.165) is 45.2 Å². The second kappa shape index (κ2) is 7.74. The van der Waals surface area contributed by atoms with Crippen molar-refractivity contribution >= 4 is 5.91 Å². The fraction of sp³-hybridized carbons (Fsp3) is 0.929. The first-order valence-electron chi connectivity index (χ1n) is 7.39. The smallest absolute Gasteiger partial charge is 0.237 e. The van der Waals surface area contributed by atoms with Gasteiger partial charge in [0.05, 0.1) is 6.04 Å². The van der Waals surface area contributed by atoms with E-state index in [2.05, 4.69) is 24.1 Å². The van der Waals surface area contributed by atoms with Gasteiger partial charge < -0.3 is 11.1 Å². The topological polar surface area (TPSA) is 58.4 Å². The molecule has 106 valence electrons. The Balaban J connectivity index is 2.51. The molecule has 1 fully saturated rings. The summed E-state index contributed by atoms with van der Waals surface area (Å²) in [7, 11) is 0. The van der Waals surface area contributed by atoms with Gasteiger partial charge in [0.25, 0.3) is 0 Å². The Morgan fingerprint density at radius 3 is 2.44 bits per heavy atom. The van der Waals surface area contributed by atoms with Gasteiger partial charge in [-0.3, -0.25) is 9.69 Å². The van der Waals surface area contributed by atoms with Crippen LogP contribution in [0.3, 0.4) is 0 Å². The highest BCUT2D eigenvalue weighted by Crippen LogP contribution is 2.23. The number of likely N-dealkylation sites (N-methyl/N-ethyl adjacent to an activating group) is 1. The van der Waals surface area contributed by atoms with E-state index in [4.69, 9.17) is 5.73 Å². The van der Waals surface area contributed by atoms with Crippen LogP contribution in [-0.2, 0) is 4.79 Å². The molecule has 1 amide bonds. The van der Waals surface area contributed by atoms with E-state index in [1.807, 2.05) is 6.92 Å². The van der Waals surface area contributed by atoms with E-state index in [0.29, 0.717) is 12.1 Å². The summed E-state index contributed by atoms with van der Waals surface area (Å²) in [4.78, 5) is 14.4. The van der Waals surface area contributed by atoms with Crippen LogP contribution in [0.1, 0.15) is 52.9 Å². The van der Waals surface area contributed by atoms with Crippen molar-refractivity contribution in [1.29, 1.82) is 0 Å². The van der Waals surface area contributed by atoms with E-state index in [9.17, 15) is 4.79 Å². The van der Waals surface area contributed by atoms with Crippen molar-refractivity contribution in [3.05, 3.63) is 0 Å². The number of hydrogen-bond acceptors (Lipinski definition) is 3. The number of rotatable bonds is 6. The average molecular weight is 255 g/mol. The van der Waals surface area contributed by atoms with Crippen molar-refractivity contribution in [3.8, 4) is 0 Å². The first-order chi connectivity index (χ1) is 8.60. The number of carbonyl (C=O) groups is 1. The second-order valence-electron chi connectivity index (χ2n) is 5.37. The van der Waals surface area contributed by atoms with Crippen LogP contribution in [0.25, 0.3) is 0 Å². The zero-order chi connectivity index (χ0) is 13.5. The number of nitrogens with two attached hydrogens (primary N) is 1. The molecular weight excluding hydrogens is 226 g/mol. The third kappa shape index (κ3) is 4.25. The zero-order valence-corrected chi connectivity index (χ0v) is 12.1. The quantitative estimate of drug-likeness (QED) is 0.756. The normalized spacial score (nSPS) is 26.1. The molecule has 1 rings (SSSR count). The van der Waals surface area contributed by atoms with Crippen LogP contribution >= 0.6 is 0 Å². The molecule has 0 aromatic rings. The third-order valence-electron chi connectivity index (χ3n) is 4.00. The molecule has 1 unspecified atom stereocenters. The molecule has 0 aromatic heterocycles. The number of amides is 1. The Morgan fingerprint density at radius 2 is 1.94 bits per heavy atom. The molecule has 4 nitrogen and oxygen atoms in total. The van der Waals surface area contributed by atoms with Gasteiger partial charge in [-0.1, -0.05) is 13.8 Å². The van der Waals surface area contributed by atoms with Crippen molar-refractivity contribution in [2.24, 2.45) is 5.73 Å². The predicted molar refractivity (Wildman–Crippen MR) is 75.4 cm³/mol. The van der Waals surface area contributed by atoms with E-state index in [1.54, 1.807) is 0 Å². The molecule has 0 aromatic carbocycles. The third-order valence-corrected chi connectivity index (χ3v) is 4.00. The van der Waals surface area contributed by atoms with Crippen LogP contribution in [0, 0.1) is 0 Å². The first-order valence-corrected chi connectivity index (χ1v) is 7.39. The van der Waals surface area contributed by atoms with E-state index in [1.165, 1.54) is 0 Å². The monoisotopic (exact) mass is 255 g/mol. The van der Waals surface area contributed by atoms with Gasteiger partial charge in [-0.2, -0.15) is 0 Å². The van der Waals surface area contributed by atoms with Crippen LogP contribution in [0.5, 0.6) is 0 Å². The fourth-order valence-electron chi connectivity index (χ4n) is 2.83. The highest BCUT2D eigenvalue weighted by atomic mass is 16.2. The predicted octanol–water partition coefficient (Wildman–Crippen LogP) is 1.49. The Labute approximate surface area is 111 Å². The molecule has 1 aliphatic rings. The number of nitrogens with zero attached hydrogens (tertiary/aromatic N) is 1. The Kier molecular flexibility index (Phi) is 6.65. The molecule has 0 spiro atoms. The van der Waals surface area contributed by atoms with Gasteiger partial charge >= 0.3 is 0 Å². The Morgan fingerprint density at radius 1 is 1.33 bits per heavy atom. The molecule has 0 aliphatic heterocycles. The summed E-state index contributed by atoms with van der Waals surface area (Å²) in [5.41, 5.74) is 5.94. The van der Waals surface area contributed by atoms with E-state index >= 15 is 0 Å². The van der Waals surface area contributed by atoms with Crippen LogP contribution in [0.15, 0.2) is 0 Å². The molecule has 18 heavy (non-hydrogen) atoms. The summed E-state index contributed by atoms with van der Waals surface area (Å²) in [6, 6.07) is 0.863. The van der Waals surface area contributed by atoms with Crippen LogP contribution < -0.4 is 11.1 Å². The van der Waals surface area contributed by atoms with Crippen molar-refractivity contribution in [2.45, 2.75) is 71.0 Å². The summed E-state index contributed by atoms with van der Waals surface area (Å²) >= 11 is 0. The summed E-state index contributed by atoms with van der Waals surface area (Å²) in [5.74, 6) is 0.161. The Hall–Kier alpha value is -0.610. The lowest BCUT2D eigenvalue weighted by molar-refractivity contribution is -0.127. The number of carbonyl (C=O) groups excluding carboxylic acids is 1. The lowest BCUT2D eigenvalue weighted by Gasteiger charge is -2.38. The summed E-state index contributed by atoms with van der Waals surface area (Å²) in [5, 5.41) is 2.99. The highest BCUT2D eigenvalue weighted by Gasteiger charge is 2.29. The molecule has 4 heteroatoms. The van der Waals surface area contributed by atoms with Crippen molar-refractivity contribution in [1.82, 2.24) is 10.2 Å². The van der Waals surface area contributed by atoms with Crippen LogP contribution in [-0.4, -0.2) is 42.0 Å². The standard InChI is InChI=1S/C14H29N3O/c1-4-10-16-14(18)11(3)17(5-2)13-8-6-12(15)7-9-13/h11-13H,4-10,15H2,1-3H3,(H,16,18). The summed E-state index contributed by atoms with van der Waals surface area (Å²) < 4.78 is 0. The van der Waals surface area contributed by atoms with Crippen LogP contribution in [0.2, 0.25) is 0 Å². The van der Waals surface area contributed by atoms with Gasteiger partial charge in [0.1, 0.15) is 0 Å². The average Bonchev–Trinajstić information content (AvgIpc) is 2.38. The van der Waals surface area contributed by atoms with Crippen LogP contribution in [0.4, 0.5) is 0 Å². The number of hydrogen-bond donors (Lipinski definition) is 2. The molecular formula is C14H29N3O. The summed E-state index contributed by atoms with van der Waals surface area (Å²) in [6.07, 6.45) is 5.42. The minimum absolute atomic E-state index is 0.0270. The van der Waals surface area contributed by atoms with Gasteiger partial charge in [0, 0.05) is 18.6 Å². The maximum atomic E-state index is 12.0. The molecule has 3 N–H and O–H groups in total. The minimum atomic E-state index is -0.0270. The van der Waals surface area contributed by atoms with Crippen molar-refractivity contribution in [2.75, 3.05) is 13.1 Å². The molecule has 1 saturated carbocycles. The molecule has 0 radical (unpaired) electrons. The Bertz CT molecular complexity index is 249. The van der Waals surface area contributed by atoms with Gasteiger partial charge in [0.2, 0.25) is 5.91 Å². The molecule has 1 atom stereocenters. The van der Waals surface area contributed by atoms with Gasteiger partial charge in [0.15, 0.2) is 0 Å². The fourth-order valence-corrected chi connectivity index (χ4v) is 2.83. The van der Waals surface area contributed by atoms with Gasteiger partial charge in [-0.15, -0.1) is 0 Å². The van der Waals surface area contributed by atoms with E-state index < -0.39 is 0 Å². The van der Waals surface area contributed by atoms with Crippen molar-refractivity contribution < 1.29 is 4.79 Å². The summed E-state index contributed by atoms with van der Waals surface area (Å²) in [6.45, 7) is 7.93. The molecule has 0 heterocycles. The maximum Gasteiger partial charge on any atom is 0.237 e. The van der Waals surface area contributed by atoms with E-state index in [-0.39, 0.29) is 11.9 Å². The largest absolute Gasteiger partial charge is 0.355 e. The second-order valence-corrected chi connectivity index (χ2v) is 5.37.